The van der Waals surface area contributed by atoms with E-state index in [-0.39, 0.29) is 17.1 Å². The van der Waals surface area contributed by atoms with E-state index in [1.165, 1.54) is 28.6 Å². The van der Waals surface area contributed by atoms with Crippen LogP contribution in [-0.2, 0) is 12.8 Å². The van der Waals surface area contributed by atoms with Gasteiger partial charge in [-0.05, 0) is 43.4 Å². The molecule has 0 spiro atoms. The predicted octanol–water partition coefficient (Wildman–Crippen LogP) is 3.17. The van der Waals surface area contributed by atoms with Gasteiger partial charge < -0.3 is 9.97 Å². The Hall–Kier alpha value is -1.86. The van der Waals surface area contributed by atoms with Crippen molar-refractivity contribution >= 4 is 39.1 Å². The molecule has 0 aromatic carbocycles. The molecule has 0 saturated heterocycles. The number of fused-ring (bicyclic) bond motifs is 3. The molecule has 0 saturated carbocycles. The van der Waals surface area contributed by atoms with E-state index in [2.05, 4.69) is 15.0 Å². The Morgan fingerprint density at radius 3 is 3.04 bits per heavy atom. The van der Waals surface area contributed by atoms with Gasteiger partial charge in [0.05, 0.1) is 16.8 Å². The van der Waals surface area contributed by atoms with E-state index in [1.54, 1.807) is 29.7 Å². The standard InChI is InChI=1S/C16H15N3O2S2/c20-11(10-5-3-7-17-10)8-22-16-18-14(21)13-9-4-1-2-6-12(9)23-15(13)19-16/h3,5,7,17H,1-2,4,6,8H2,(H,18,19,21). The number of nitrogens with one attached hydrogen (secondary N) is 2. The van der Waals surface area contributed by atoms with E-state index in [9.17, 15) is 9.59 Å². The van der Waals surface area contributed by atoms with Crippen molar-refractivity contribution in [2.75, 3.05) is 5.75 Å². The molecule has 0 amide bonds. The SMILES string of the molecule is O=C(CSc1nc2sc3c(c2c(=O)[nH]1)CCCC3)c1ccc[nH]1. The average molecular weight is 345 g/mol. The molecule has 118 valence electrons. The summed E-state index contributed by atoms with van der Waals surface area (Å²) in [5.41, 5.74) is 1.68. The Balaban J connectivity index is 1.61. The molecular formula is C16H15N3O2S2. The Kier molecular flexibility index (Phi) is 3.82. The summed E-state index contributed by atoms with van der Waals surface area (Å²) in [5, 5.41) is 1.27. The van der Waals surface area contributed by atoms with E-state index in [1.807, 2.05) is 0 Å². The lowest BCUT2D eigenvalue weighted by molar-refractivity contribution is 0.101. The second-order valence-electron chi connectivity index (χ2n) is 5.56. The Morgan fingerprint density at radius 1 is 1.35 bits per heavy atom. The van der Waals surface area contributed by atoms with E-state index < -0.39 is 0 Å². The second-order valence-corrected chi connectivity index (χ2v) is 7.61. The van der Waals surface area contributed by atoms with Gasteiger partial charge in [0.25, 0.3) is 5.56 Å². The summed E-state index contributed by atoms with van der Waals surface area (Å²) in [5.74, 6) is 0.244. The molecule has 3 heterocycles. The van der Waals surface area contributed by atoms with E-state index in [4.69, 9.17) is 0 Å². The van der Waals surface area contributed by atoms with Crippen molar-refractivity contribution in [2.24, 2.45) is 0 Å². The molecule has 0 atom stereocenters. The molecule has 0 unspecified atom stereocenters. The number of aryl methyl sites for hydroxylation is 2. The maximum Gasteiger partial charge on any atom is 0.260 e. The van der Waals surface area contributed by atoms with Crippen molar-refractivity contribution in [2.45, 2.75) is 30.8 Å². The smallest absolute Gasteiger partial charge is 0.260 e. The number of thiophene rings is 1. The van der Waals surface area contributed by atoms with Gasteiger partial charge in [-0.25, -0.2) is 4.98 Å². The number of hydrogen-bond acceptors (Lipinski definition) is 5. The minimum absolute atomic E-state index is 0.00628. The molecule has 0 bridgehead atoms. The van der Waals surface area contributed by atoms with E-state index in [0.717, 1.165) is 29.5 Å². The van der Waals surface area contributed by atoms with Crippen LogP contribution in [0.4, 0.5) is 0 Å². The zero-order valence-electron chi connectivity index (χ0n) is 12.3. The molecule has 2 N–H and O–H groups in total. The van der Waals surface area contributed by atoms with Gasteiger partial charge in [-0.15, -0.1) is 11.3 Å². The number of H-pyrrole nitrogens is 2. The molecule has 4 rings (SSSR count). The highest BCUT2D eigenvalue weighted by atomic mass is 32.2. The minimum atomic E-state index is -0.0794. The number of rotatable bonds is 4. The first-order valence-corrected chi connectivity index (χ1v) is 9.36. The molecule has 7 heteroatoms. The highest BCUT2D eigenvalue weighted by Gasteiger charge is 2.20. The number of aromatic amines is 2. The molecule has 1 aliphatic rings. The lowest BCUT2D eigenvalue weighted by Gasteiger charge is -2.09. The van der Waals surface area contributed by atoms with Crippen LogP contribution in [-0.4, -0.2) is 26.5 Å². The summed E-state index contributed by atoms with van der Waals surface area (Å²) in [6.45, 7) is 0. The van der Waals surface area contributed by atoms with Gasteiger partial charge in [0, 0.05) is 11.1 Å². The van der Waals surface area contributed by atoms with Crippen LogP contribution < -0.4 is 5.56 Å². The number of carbonyl (C=O) groups is 1. The van der Waals surface area contributed by atoms with Crippen LogP contribution in [0.1, 0.15) is 33.8 Å². The third kappa shape index (κ3) is 2.74. The lowest BCUT2D eigenvalue weighted by atomic mass is 9.97. The topological polar surface area (TPSA) is 78.6 Å². The van der Waals surface area contributed by atoms with E-state index in [0.29, 0.717) is 10.9 Å². The van der Waals surface area contributed by atoms with Gasteiger partial charge in [-0.1, -0.05) is 11.8 Å². The van der Waals surface area contributed by atoms with Crippen LogP contribution in [0.5, 0.6) is 0 Å². The summed E-state index contributed by atoms with van der Waals surface area (Å²) in [4.78, 5) is 36.8. The highest BCUT2D eigenvalue weighted by Crippen LogP contribution is 2.34. The van der Waals surface area contributed by atoms with Crippen LogP contribution in [0, 0.1) is 0 Å². The normalized spacial score (nSPS) is 14.1. The van der Waals surface area contributed by atoms with Gasteiger partial charge >= 0.3 is 0 Å². The first-order valence-electron chi connectivity index (χ1n) is 7.56. The van der Waals surface area contributed by atoms with Crippen LogP contribution in [0.2, 0.25) is 0 Å². The highest BCUT2D eigenvalue weighted by molar-refractivity contribution is 7.99. The summed E-state index contributed by atoms with van der Waals surface area (Å²) in [6.07, 6.45) is 6.06. The van der Waals surface area contributed by atoms with Crippen LogP contribution in [0.3, 0.4) is 0 Å². The number of aromatic nitrogens is 3. The van der Waals surface area contributed by atoms with Crippen LogP contribution in [0.15, 0.2) is 28.3 Å². The maximum atomic E-state index is 12.4. The van der Waals surface area contributed by atoms with Gasteiger partial charge in [0.2, 0.25) is 0 Å². The van der Waals surface area contributed by atoms with Gasteiger partial charge in [-0.2, -0.15) is 0 Å². The molecule has 3 aromatic heterocycles. The van der Waals surface area contributed by atoms with Gasteiger partial charge in [-0.3, -0.25) is 9.59 Å². The van der Waals surface area contributed by atoms with Crippen molar-refractivity contribution in [3.05, 3.63) is 44.8 Å². The molecule has 3 aromatic rings. The molecule has 23 heavy (non-hydrogen) atoms. The molecule has 0 radical (unpaired) electrons. The Labute approximate surface area is 140 Å². The molecule has 0 fully saturated rings. The van der Waals surface area contributed by atoms with Crippen molar-refractivity contribution < 1.29 is 4.79 Å². The minimum Gasteiger partial charge on any atom is -0.359 e. The average Bonchev–Trinajstić information content (AvgIpc) is 3.19. The summed E-state index contributed by atoms with van der Waals surface area (Å²) in [7, 11) is 0. The quantitative estimate of drug-likeness (QED) is 0.432. The summed E-state index contributed by atoms with van der Waals surface area (Å²) < 4.78 is 0. The first-order chi connectivity index (χ1) is 11.2. The number of nitrogens with zero attached hydrogens (tertiary/aromatic N) is 1. The fourth-order valence-electron chi connectivity index (χ4n) is 2.93. The van der Waals surface area contributed by atoms with Crippen molar-refractivity contribution in [1.82, 2.24) is 15.0 Å². The number of ketones is 1. The molecule has 5 nitrogen and oxygen atoms in total. The Bertz CT molecular complexity index is 925. The largest absolute Gasteiger partial charge is 0.359 e. The molecular weight excluding hydrogens is 330 g/mol. The summed E-state index contributed by atoms with van der Waals surface area (Å²) >= 11 is 2.90. The summed E-state index contributed by atoms with van der Waals surface area (Å²) in [6, 6.07) is 3.54. The maximum absolute atomic E-state index is 12.4. The molecule has 1 aliphatic carbocycles. The van der Waals surface area contributed by atoms with Crippen molar-refractivity contribution in [3.8, 4) is 0 Å². The number of thioether (sulfide) groups is 1. The van der Waals surface area contributed by atoms with Crippen LogP contribution in [0.25, 0.3) is 10.2 Å². The zero-order chi connectivity index (χ0) is 15.8. The van der Waals surface area contributed by atoms with E-state index >= 15 is 0 Å². The van der Waals surface area contributed by atoms with Gasteiger partial charge in [0.15, 0.2) is 10.9 Å². The third-order valence-corrected chi connectivity index (χ3v) is 6.10. The first kappa shape index (κ1) is 14.7. The third-order valence-electron chi connectivity index (χ3n) is 4.04. The van der Waals surface area contributed by atoms with Gasteiger partial charge in [0.1, 0.15) is 4.83 Å². The van der Waals surface area contributed by atoms with Crippen molar-refractivity contribution in [1.29, 1.82) is 0 Å². The van der Waals surface area contributed by atoms with Crippen LogP contribution >= 0.6 is 23.1 Å². The number of hydrogen-bond donors (Lipinski definition) is 2. The fraction of sp³-hybridized carbons (Fsp3) is 0.312. The Morgan fingerprint density at radius 2 is 2.22 bits per heavy atom. The monoisotopic (exact) mass is 345 g/mol. The number of Topliss-reactive ketones (excluding diaryl/α,β-unsaturated/α-hetero) is 1. The van der Waals surface area contributed by atoms with Crippen molar-refractivity contribution in [3.63, 3.8) is 0 Å². The molecule has 0 aliphatic heterocycles. The second kappa shape index (κ2) is 5.98. The predicted molar refractivity (Wildman–Crippen MR) is 92.7 cm³/mol. The fourth-order valence-corrected chi connectivity index (χ4v) is 4.99. The number of carbonyl (C=O) groups excluding carboxylic acids is 1. The zero-order valence-corrected chi connectivity index (χ0v) is 14.0. The lowest BCUT2D eigenvalue weighted by Crippen LogP contribution is -2.12.